The van der Waals surface area contributed by atoms with Gasteiger partial charge in [-0.15, -0.1) is 11.3 Å². The van der Waals surface area contributed by atoms with Crippen LogP contribution >= 0.6 is 11.3 Å². The number of hydrazone groups is 1. The maximum absolute atomic E-state index is 4.85. The first-order valence-corrected chi connectivity index (χ1v) is 9.29. The maximum atomic E-state index is 4.85. The van der Waals surface area contributed by atoms with Crippen LogP contribution in [-0.4, -0.2) is 11.5 Å². The molecule has 124 valence electrons. The van der Waals surface area contributed by atoms with E-state index in [2.05, 4.69) is 73.2 Å². The molecule has 1 aliphatic rings. The lowest BCUT2D eigenvalue weighted by Crippen LogP contribution is -2.18. The molecule has 4 rings (SSSR count). The predicted octanol–water partition coefficient (Wildman–Crippen LogP) is 5.05. The van der Waals surface area contributed by atoms with Crippen LogP contribution in [0.3, 0.4) is 0 Å². The fourth-order valence-electron chi connectivity index (χ4n) is 2.86. The summed E-state index contributed by atoms with van der Waals surface area (Å²) in [5, 5.41) is 6.77. The minimum atomic E-state index is 0.794. The van der Waals surface area contributed by atoms with Crippen LogP contribution < -0.4 is 5.43 Å². The van der Waals surface area contributed by atoms with Crippen molar-refractivity contribution in [2.75, 3.05) is 0 Å². The van der Waals surface area contributed by atoms with Gasteiger partial charge in [0.05, 0.1) is 16.3 Å². The van der Waals surface area contributed by atoms with Crippen molar-refractivity contribution in [3.63, 3.8) is 0 Å². The Kier molecular flexibility index (Phi) is 4.20. The Bertz CT molecular complexity index is 951. The summed E-state index contributed by atoms with van der Waals surface area (Å²) in [6.45, 7) is 4.26. The van der Waals surface area contributed by atoms with Crippen molar-refractivity contribution in [3.8, 4) is 0 Å². The highest BCUT2D eigenvalue weighted by atomic mass is 32.1. The van der Waals surface area contributed by atoms with Crippen LogP contribution in [0.15, 0.2) is 70.1 Å². The Morgan fingerprint density at radius 1 is 1.04 bits per heavy atom. The molecule has 4 heteroatoms. The standard InChI is InChI=1S/C21H19N3S/c1-3-15-8-11-18-17(13-15)20(16-9-6-14(2)7-10-16)23-24-21(22-18)19-5-4-12-25-19/h4-13H,3H2,1-2H3,(H,22,24). The number of hydrogen-bond donors (Lipinski definition) is 1. The number of nitrogens with zero attached hydrogens (tertiary/aromatic N) is 2. The second kappa shape index (κ2) is 6.65. The van der Waals surface area contributed by atoms with Gasteiger partial charge >= 0.3 is 0 Å². The summed E-state index contributed by atoms with van der Waals surface area (Å²) in [5.41, 5.74) is 9.75. The first-order chi connectivity index (χ1) is 12.2. The van der Waals surface area contributed by atoms with Gasteiger partial charge in [-0.3, -0.25) is 5.43 Å². The molecule has 0 unspecified atom stereocenters. The van der Waals surface area contributed by atoms with Gasteiger partial charge in [-0.1, -0.05) is 48.9 Å². The fraction of sp³-hybridized carbons (Fsp3) is 0.143. The number of thiophene rings is 1. The summed E-state index contributed by atoms with van der Waals surface area (Å²) in [6, 6.07) is 19.0. The number of aliphatic imine (C=N–C) groups is 1. The van der Waals surface area contributed by atoms with Crippen molar-refractivity contribution in [3.05, 3.63) is 87.1 Å². The average Bonchev–Trinajstić information content (AvgIpc) is 3.11. The first-order valence-electron chi connectivity index (χ1n) is 8.41. The minimum absolute atomic E-state index is 0.794. The Morgan fingerprint density at radius 2 is 1.88 bits per heavy atom. The van der Waals surface area contributed by atoms with Crippen molar-refractivity contribution in [2.24, 2.45) is 10.1 Å². The van der Waals surface area contributed by atoms with E-state index in [1.165, 1.54) is 11.1 Å². The summed E-state index contributed by atoms with van der Waals surface area (Å²) in [7, 11) is 0. The molecule has 0 amide bonds. The monoisotopic (exact) mass is 345 g/mol. The number of rotatable bonds is 3. The lowest BCUT2D eigenvalue weighted by molar-refractivity contribution is 1.03. The number of fused-ring (bicyclic) bond motifs is 1. The van der Waals surface area contributed by atoms with Crippen LogP contribution in [0, 0.1) is 6.92 Å². The third-order valence-corrected chi connectivity index (χ3v) is 5.19. The van der Waals surface area contributed by atoms with E-state index in [9.17, 15) is 0 Å². The van der Waals surface area contributed by atoms with Crippen molar-refractivity contribution in [1.29, 1.82) is 0 Å². The number of nitrogens with one attached hydrogen (secondary N) is 1. The molecule has 0 saturated heterocycles. The number of aryl methyl sites for hydroxylation is 2. The highest BCUT2D eigenvalue weighted by Gasteiger charge is 2.18. The molecule has 0 bridgehead atoms. The zero-order valence-electron chi connectivity index (χ0n) is 14.3. The second-order valence-corrected chi connectivity index (χ2v) is 7.03. The Labute approximate surface area is 151 Å². The molecule has 2 aromatic carbocycles. The SMILES string of the molecule is CCc1ccc2c(c1)C(c1ccc(C)cc1)=NNC(c1cccs1)=N2. The van der Waals surface area contributed by atoms with Crippen LogP contribution in [0.25, 0.3) is 0 Å². The van der Waals surface area contributed by atoms with Gasteiger partial charge < -0.3 is 0 Å². The largest absolute Gasteiger partial charge is 0.260 e. The van der Waals surface area contributed by atoms with Gasteiger partial charge in [0.1, 0.15) is 0 Å². The molecule has 25 heavy (non-hydrogen) atoms. The molecular formula is C21H19N3S. The third kappa shape index (κ3) is 3.13. The molecule has 3 aromatic rings. The summed E-state index contributed by atoms with van der Waals surface area (Å²) in [6.07, 6.45) is 0.989. The Hall–Kier alpha value is -2.72. The van der Waals surface area contributed by atoms with Crippen LogP contribution in [0.2, 0.25) is 0 Å². The van der Waals surface area contributed by atoms with Gasteiger partial charge in [0.15, 0.2) is 5.84 Å². The van der Waals surface area contributed by atoms with Crippen LogP contribution in [0.5, 0.6) is 0 Å². The molecule has 3 nitrogen and oxygen atoms in total. The van der Waals surface area contributed by atoms with E-state index in [1.807, 2.05) is 6.07 Å². The first kappa shape index (κ1) is 15.8. The van der Waals surface area contributed by atoms with Crippen LogP contribution in [0.4, 0.5) is 5.69 Å². The van der Waals surface area contributed by atoms with Gasteiger partial charge in [-0.25, -0.2) is 4.99 Å². The predicted molar refractivity (Wildman–Crippen MR) is 106 cm³/mol. The molecule has 0 spiro atoms. The number of hydrogen-bond acceptors (Lipinski definition) is 4. The van der Waals surface area contributed by atoms with E-state index >= 15 is 0 Å². The summed E-state index contributed by atoms with van der Waals surface area (Å²) < 4.78 is 0. The maximum Gasteiger partial charge on any atom is 0.164 e. The van der Waals surface area contributed by atoms with Crippen molar-refractivity contribution in [2.45, 2.75) is 20.3 Å². The molecular weight excluding hydrogens is 326 g/mol. The molecule has 0 atom stereocenters. The Balaban J connectivity index is 1.88. The van der Waals surface area contributed by atoms with Crippen LogP contribution in [-0.2, 0) is 6.42 Å². The molecule has 0 radical (unpaired) electrons. The quantitative estimate of drug-likeness (QED) is 0.708. The van der Waals surface area contributed by atoms with E-state index in [0.717, 1.165) is 39.7 Å². The van der Waals surface area contributed by atoms with Crippen molar-refractivity contribution >= 4 is 28.6 Å². The molecule has 1 aromatic heterocycles. The van der Waals surface area contributed by atoms with E-state index in [1.54, 1.807) is 11.3 Å². The second-order valence-electron chi connectivity index (χ2n) is 6.08. The lowest BCUT2D eigenvalue weighted by atomic mass is 9.97. The molecule has 0 saturated carbocycles. The van der Waals surface area contributed by atoms with E-state index < -0.39 is 0 Å². The number of amidine groups is 1. The van der Waals surface area contributed by atoms with E-state index in [4.69, 9.17) is 10.1 Å². The molecule has 1 N–H and O–H groups in total. The van der Waals surface area contributed by atoms with E-state index in [0.29, 0.717) is 0 Å². The smallest absolute Gasteiger partial charge is 0.164 e. The third-order valence-electron chi connectivity index (χ3n) is 4.31. The van der Waals surface area contributed by atoms with Crippen molar-refractivity contribution in [1.82, 2.24) is 5.43 Å². The normalized spacial score (nSPS) is 13.4. The summed E-state index contributed by atoms with van der Waals surface area (Å²) in [5.74, 6) is 0.794. The average molecular weight is 345 g/mol. The molecule has 0 aliphatic carbocycles. The summed E-state index contributed by atoms with van der Waals surface area (Å²) in [4.78, 5) is 5.93. The highest BCUT2D eigenvalue weighted by Crippen LogP contribution is 2.28. The lowest BCUT2D eigenvalue weighted by Gasteiger charge is -2.09. The minimum Gasteiger partial charge on any atom is -0.260 e. The Morgan fingerprint density at radius 3 is 2.60 bits per heavy atom. The molecule has 0 fully saturated rings. The zero-order valence-corrected chi connectivity index (χ0v) is 15.1. The fourth-order valence-corrected chi connectivity index (χ4v) is 3.52. The van der Waals surface area contributed by atoms with Crippen molar-refractivity contribution < 1.29 is 0 Å². The zero-order chi connectivity index (χ0) is 17.2. The topological polar surface area (TPSA) is 36.8 Å². The van der Waals surface area contributed by atoms with Gasteiger partial charge in [0.25, 0.3) is 0 Å². The molecule has 1 aliphatic heterocycles. The van der Waals surface area contributed by atoms with Gasteiger partial charge in [0, 0.05) is 11.1 Å². The van der Waals surface area contributed by atoms with Crippen LogP contribution in [0.1, 0.15) is 34.1 Å². The van der Waals surface area contributed by atoms with E-state index in [-0.39, 0.29) is 0 Å². The van der Waals surface area contributed by atoms with Gasteiger partial charge in [-0.05, 0) is 42.5 Å². The molecule has 2 heterocycles. The van der Waals surface area contributed by atoms with Gasteiger partial charge in [-0.2, -0.15) is 5.10 Å². The number of benzene rings is 2. The van der Waals surface area contributed by atoms with Gasteiger partial charge in [0.2, 0.25) is 0 Å². The summed E-state index contributed by atoms with van der Waals surface area (Å²) >= 11 is 1.66. The highest BCUT2D eigenvalue weighted by molar-refractivity contribution is 7.12.